The Kier molecular flexibility index (Phi) is 8.97. The third-order valence-corrected chi connectivity index (χ3v) is 9.27. The van der Waals surface area contributed by atoms with Gasteiger partial charge in [0.2, 0.25) is 6.54 Å². The highest BCUT2D eigenvalue weighted by Crippen LogP contribution is 2.41. The minimum atomic E-state index is -1.09. The van der Waals surface area contributed by atoms with E-state index in [4.69, 9.17) is 44.5 Å². The number of likely N-dealkylation sites (N-methyl/N-ethyl adjacent to an activating group) is 1. The van der Waals surface area contributed by atoms with Crippen molar-refractivity contribution in [1.82, 2.24) is 19.8 Å². The van der Waals surface area contributed by atoms with Gasteiger partial charge in [0.25, 0.3) is 5.91 Å². The Morgan fingerprint density at radius 1 is 1.13 bits per heavy atom. The van der Waals surface area contributed by atoms with Gasteiger partial charge in [-0.25, -0.2) is 19.7 Å². The lowest BCUT2D eigenvalue weighted by Gasteiger charge is -2.39. The van der Waals surface area contributed by atoms with Crippen molar-refractivity contribution in [3.8, 4) is 17.1 Å². The molecule has 2 fully saturated rings. The molecule has 2 aliphatic heterocycles. The van der Waals surface area contributed by atoms with Gasteiger partial charge in [0, 0.05) is 53.6 Å². The zero-order valence-corrected chi connectivity index (χ0v) is 26.3. The highest BCUT2D eigenvalue weighted by molar-refractivity contribution is 6.38. The number of amides is 1. The summed E-state index contributed by atoms with van der Waals surface area (Å²) in [6.45, 7) is 11.5. The lowest BCUT2D eigenvalue weighted by Crippen LogP contribution is -2.56. The van der Waals surface area contributed by atoms with Crippen molar-refractivity contribution >= 4 is 56.6 Å². The first-order valence-corrected chi connectivity index (χ1v) is 15.4. The fourth-order valence-corrected chi connectivity index (χ4v) is 6.81. The molecule has 1 amide bonds. The summed E-state index contributed by atoms with van der Waals surface area (Å²) in [5.74, 6) is -2.06. The van der Waals surface area contributed by atoms with Crippen LogP contribution in [0.2, 0.25) is 10.0 Å². The third-order valence-electron chi connectivity index (χ3n) is 8.59. The number of halogens is 5. The first kappa shape index (κ1) is 31.9. The van der Waals surface area contributed by atoms with E-state index < -0.39 is 29.8 Å². The number of hydrogen-bond donors (Lipinski definition) is 0. The number of benzene rings is 3. The number of hydrogen-bond acceptors (Lipinski definition) is 6. The SMILES string of the molecule is [C-]#[N+]C[C@H]1CN(c2nc(OC[C@@H]3C[C@@H](F)CN3C)nc3cc(-c4cccc5ccc(F)c(Cl)c45)c(Cl)cc23)CCN1C(=O)C(=C)F. The lowest BCUT2D eigenvalue weighted by atomic mass is 9.97. The fourth-order valence-electron chi connectivity index (χ4n) is 6.27. The van der Waals surface area contributed by atoms with E-state index in [0.717, 1.165) is 5.39 Å². The fraction of sp³-hybridized carbons (Fsp3) is 0.333. The maximum atomic E-state index is 14.6. The van der Waals surface area contributed by atoms with Crippen LogP contribution in [0.5, 0.6) is 6.01 Å². The Morgan fingerprint density at radius 2 is 1.93 bits per heavy atom. The van der Waals surface area contributed by atoms with Crippen molar-refractivity contribution in [3.63, 3.8) is 0 Å². The zero-order chi connectivity index (χ0) is 32.7. The zero-order valence-electron chi connectivity index (χ0n) is 24.8. The second kappa shape index (κ2) is 12.9. The second-order valence-corrected chi connectivity index (χ2v) is 12.3. The summed E-state index contributed by atoms with van der Waals surface area (Å²) in [4.78, 5) is 30.5. The van der Waals surface area contributed by atoms with Crippen LogP contribution >= 0.6 is 23.2 Å². The molecule has 2 saturated heterocycles. The molecule has 0 saturated carbocycles. The van der Waals surface area contributed by atoms with Crippen molar-refractivity contribution in [2.45, 2.75) is 24.7 Å². The largest absolute Gasteiger partial charge is 0.462 e. The van der Waals surface area contributed by atoms with Crippen LogP contribution in [0.15, 0.2) is 54.9 Å². The number of nitrogens with zero attached hydrogens (tertiary/aromatic N) is 6. The predicted molar refractivity (Wildman–Crippen MR) is 173 cm³/mol. The van der Waals surface area contributed by atoms with Crippen molar-refractivity contribution in [2.75, 3.05) is 51.3 Å². The highest BCUT2D eigenvalue weighted by atomic mass is 35.5. The molecular formula is C33H29Cl2F3N6O2. The quantitative estimate of drug-likeness (QED) is 0.161. The van der Waals surface area contributed by atoms with Crippen molar-refractivity contribution in [1.29, 1.82) is 0 Å². The standard InChI is InChI=1S/C33H29Cl2F3N6O2/c1-18(36)32(45)44-10-9-43(16-22(44)14-39-2)31-25-12-26(34)24(23-6-4-5-19-7-8-27(38)30(35)29(19)23)13-28(25)40-33(41-31)46-17-21-11-20(37)15-42(21)3/h4-8,12-13,20-22H,1,9-11,14-17H2,3H3/t20-,21+,22+/m1/s1. The summed E-state index contributed by atoms with van der Waals surface area (Å²) in [6.07, 6.45) is -0.629. The van der Waals surface area contributed by atoms with E-state index in [1.54, 1.807) is 24.3 Å². The molecule has 2 aliphatic rings. The Bertz CT molecular complexity index is 1900. The number of alkyl halides is 1. The van der Waals surface area contributed by atoms with Gasteiger partial charge in [-0.2, -0.15) is 9.97 Å². The van der Waals surface area contributed by atoms with Crippen LogP contribution < -0.4 is 9.64 Å². The van der Waals surface area contributed by atoms with Gasteiger partial charge in [0.05, 0.1) is 10.5 Å². The molecule has 46 heavy (non-hydrogen) atoms. The number of carbonyl (C=O) groups excluding carboxylic acids is 1. The molecule has 0 spiro atoms. The molecule has 1 aromatic heterocycles. The van der Waals surface area contributed by atoms with Gasteiger partial charge < -0.3 is 19.4 Å². The number of aromatic nitrogens is 2. The first-order chi connectivity index (χ1) is 22.0. The summed E-state index contributed by atoms with van der Waals surface area (Å²) in [5, 5.41) is 2.10. The van der Waals surface area contributed by atoms with Crippen LogP contribution in [0.25, 0.3) is 37.6 Å². The van der Waals surface area contributed by atoms with Crippen LogP contribution in [0.3, 0.4) is 0 Å². The minimum absolute atomic E-state index is 0.0299. The van der Waals surface area contributed by atoms with E-state index in [0.29, 0.717) is 51.2 Å². The molecule has 6 rings (SSSR count). The number of fused-ring (bicyclic) bond motifs is 2. The third kappa shape index (κ3) is 6.05. The molecule has 0 unspecified atom stereocenters. The predicted octanol–water partition coefficient (Wildman–Crippen LogP) is 6.74. The normalized spacial score (nSPS) is 20.3. The van der Waals surface area contributed by atoms with Crippen LogP contribution in [0.4, 0.5) is 19.0 Å². The van der Waals surface area contributed by atoms with Gasteiger partial charge >= 0.3 is 6.01 Å². The molecule has 13 heteroatoms. The Labute approximate surface area is 273 Å². The maximum absolute atomic E-state index is 14.6. The molecule has 0 N–H and O–H groups in total. The van der Waals surface area contributed by atoms with Gasteiger partial charge in [-0.05, 0) is 42.6 Å². The average molecular weight is 670 g/mol. The Balaban J connectivity index is 1.45. The monoisotopic (exact) mass is 668 g/mol. The molecule has 4 aromatic rings. The van der Waals surface area contributed by atoms with E-state index in [2.05, 4.69) is 11.4 Å². The minimum Gasteiger partial charge on any atom is -0.462 e. The molecule has 238 valence electrons. The van der Waals surface area contributed by atoms with Crippen LogP contribution in [-0.2, 0) is 4.79 Å². The molecule has 0 aliphatic carbocycles. The molecule has 8 nitrogen and oxygen atoms in total. The van der Waals surface area contributed by atoms with E-state index in [9.17, 15) is 18.0 Å². The van der Waals surface area contributed by atoms with Crippen LogP contribution in [0, 0.1) is 12.4 Å². The first-order valence-electron chi connectivity index (χ1n) is 14.6. The molecule has 3 aromatic carbocycles. The highest BCUT2D eigenvalue weighted by Gasteiger charge is 2.35. The number of carbonyl (C=O) groups is 1. The van der Waals surface area contributed by atoms with Crippen molar-refractivity contribution < 1.29 is 22.7 Å². The molecule has 0 bridgehead atoms. The van der Waals surface area contributed by atoms with Crippen LogP contribution in [0.1, 0.15) is 6.42 Å². The lowest BCUT2D eigenvalue weighted by molar-refractivity contribution is -0.131. The molecule has 0 radical (unpaired) electrons. The molecular weight excluding hydrogens is 640 g/mol. The summed E-state index contributed by atoms with van der Waals surface area (Å²) in [5.41, 5.74) is 1.62. The summed E-state index contributed by atoms with van der Waals surface area (Å²) in [7, 11) is 1.83. The Morgan fingerprint density at radius 3 is 2.65 bits per heavy atom. The number of anilines is 1. The Hall–Kier alpha value is -4.11. The van der Waals surface area contributed by atoms with E-state index in [1.165, 1.54) is 11.0 Å². The number of likely N-dealkylation sites (tertiary alicyclic amines) is 1. The summed E-state index contributed by atoms with van der Waals surface area (Å²) < 4.78 is 48.5. The smallest absolute Gasteiger partial charge is 0.319 e. The van der Waals surface area contributed by atoms with Gasteiger partial charge in [-0.1, -0.05) is 54.0 Å². The van der Waals surface area contributed by atoms with Crippen molar-refractivity contribution in [3.05, 3.63) is 82.2 Å². The molecule has 3 heterocycles. The summed E-state index contributed by atoms with van der Waals surface area (Å²) in [6, 6.07) is 11.1. The maximum Gasteiger partial charge on any atom is 0.319 e. The van der Waals surface area contributed by atoms with Gasteiger partial charge in [0.1, 0.15) is 30.5 Å². The van der Waals surface area contributed by atoms with E-state index >= 15 is 0 Å². The molecule has 3 atom stereocenters. The number of piperazine rings is 1. The van der Waals surface area contributed by atoms with Gasteiger partial charge in [-0.3, -0.25) is 9.69 Å². The van der Waals surface area contributed by atoms with Crippen LogP contribution in [-0.4, -0.2) is 90.3 Å². The number of rotatable bonds is 7. The number of ether oxygens (including phenoxy) is 1. The van der Waals surface area contributed by atoms with Gasteiger partial charge in [-0.15, -0.1) is 0 Å². The average Bonchev–Trinajstić information content (AvgIpc) is 3.36. The topological polar surface area (TPSA) is 66.2 Å². The van der Waals surface area contributed by atoms with Crippen molar-refractivity contribution in [2.24, 2.45) is 0 Å². The second-order valence-electron chi connectivity index (χ2n) is 11.5. The summed E-state index contributed by atoms with van der Waals surface area (Å²) >= 11 is 13.4. The van der Waals surface area contributed by atoms with E-state index in [-0.39, 0.29) is 49.9 Å². The van der Waals surface area contributed by atoms with E-state index in [1.807, 2.05) is 29.0 Å². The van der Waals surface area contributed by atoms with Gasteiger partial charge in [0.15, 0.2) is 5.83 Å².